The normalized spacial score (nSPS) is 14.1. The summed E-state index contributed by atoms with van der Waals surface area (Å²) >= 11 is 0. The third kappa shape index (κ3) is 1.82. The van der Waals surface area contributed by atoms with Crippen molar-refractivity contribution in [1.82, 2.24) is 9.88 Å². The fourth-order valence-corrected chi connectivity index (χ4v) is 2.24. The summed E-state index contributed by atoms with van der Waals surface area (Å²) in [6.07, 6.45) is 0.739. The maximum Gasteiger partial charge on any atom is 0.219 e. The molecule has 2 N–H and O–H groups in total. The number of nitrogens with zero attached hydrogens (tertiary/aromatic N) is 3. The van der Waals surface area contributed by atoms with Gasteiger partial charge in [-0.05, 0) is 24.5 Å². The predicted octanol–water partition coefficient (Wildman–Crippen LogP) is 0.749. The van der Waals surface area contributed by atoms with E-state index < -0.39 is 0 Å². The molecule has 1 aliphatic rings. The SMILES string of the molecule is CC(=O)N1CCc2c(C)nc(N)c(C#N)c2C1. The Morgan fingerprint density at radius 1 is 1.53 bits per heavy atom. The van der Waals surface area contributed by atoms with E-state index in [0.717, 1.165) is 23.2 Å². The fraction of sp³-hybridized carbons (Fsp3) is 0.417. The van der Waals surface area contributed by atoms with Gasteiger partial charge in [0.15, 0.2) is 0 Å². The number of anilines is 1. The highest BCUT2D eigenvalue weighted by Crippen LogP contribution is 2.27. The van der Waals surface area contributed by atoms with Gasteiger partial charge >= 0.3 is 0 Å². The lowest BCUT2D eigenvalue weighted by atomic mass is 9.94. The van der Waals surface area contributed by atoms with Crippen LogP contribution in [0.3, 0.4) is 0 Å². The molecule has 1 aromatic rings. The van der Waals surface area contributed by atoms with Gasteiger partial charge in [0.25, 0.3) is 0 Å². The first-order valence-electron chi connectivity index (χ1n) is 5.48. The van der Waals surface area contributed by atoms with E-state index in [2.05, 4.69) is 11.1 Å². The first-order chi connectivity index (χ1) is 8.04. The summed E-state index contributed by atoms with van der Waals surface area (Å²) in [6.45, 7) is 4.56. The van der Waals surface area contributed by atoms with Crippen molar-refractivity contribution in [2.75, 3.05) is 12.3 Å². The van der Waals surface area contributed by atoms with Gasteiger partial charge in [-0.1, -0.05) is 0 Å². The number of nitrogens with two attached hydrogens (primary N) is 1. The maximum atomic E-state index is 11.4. The molecular weight excluding hydrogens is 216 g/mol. The van der Waals surface area contributed by atoms with Crippen LogP contribution in [0, 0.1) is 18.3 Å². The zero-order chi connectivity index (χ0) is 12.6. The molecule has 88 valence electrons. The van der Waals surface area contributed by atoms with Crippen molar-refractivity contribution >= 4 is 11.7 Å². The van der Waals surface area contributed by atoms with Crippen LogP contribution in [0.15, 0.2) is 0 Å². The number of fused-ring (bicyclic) bond motifs is 1. The molecule has 0 aromatic carbocycles. The molecule has 0 saturated carbocycles. The van der Waals surface area contributed by atoms with Crippen molar-refractivity contribution in [3.8, 4) is 6.07 Å². The second-order valence-electron chi connectivity index (χ2n) is 4.22. The molecule has 0 atom stereocenters. The number of pyridine rings is 1. The number of hydrogen-bond donors (Lipinski definition) is 1. The molecule has 0 unspecified atom stereocenters. The third-order valence-corrected chi connectivity index (χ3v) is 3.18. The summed E-state index contributed by atoms with van der Waals surface area (Å²) in [7, 11) is 0. The van der Waals surface area contributed by atoms with Crippen molar-refractivity contribution in [1.29, 1.82) is 5.26 Å². The minimum atomic E-state index is 0.0209. The van der Waals surface area contributed by atoms with E-state index >= 15 is 0 Å². The summed E-state index contributed by atoms with van der Waals surface area (Å²) in [4.78, 5) is 17.3. The largest absolute Gasteiger partial charge is 0.383 e. The van der Waals surface area contributed by atoms with E-state index in [1.807, 2.05) is 6.92 Å². The highest BCUT2D eigenvalue weighted by molar-refractivity contribution is 5.74. The first kappa shape index (κ1) is 11.4. The quantitative estimate of drug-likeness (QED) is 0.712. The molecule has 0 radical (unpaired) electrons. The molecule has 2 heterocycles. The molecule has 5 nitrogen and oxygen atoms in total. The molecule has 2 rings (SSSR count). The number of carbonyl (C=O) groups is 1. The smallest absolute Gasteiger partial charge is 0.219 e. The second-order valence-corrected chi connectivity index (χ2v) is 4.22. The molecule has 17 heavy (non-hydrogen) atoms. The Balaban J connectivity index is 2.55. The topological polar surface area (TPSA) is 83.0 Å². The van der Waals surface area contributed by atoms with Gasteiger partial charge in [0.1, 0.15) is 11.9 Å². The van der Waals surface area contributed by atoms with Crippen LogP contribution in [0.2, 0.25) is 0 Å². The lowest BCUT2D eigenvalue weighted by Crippen LogP contribution is -2.35. The van der Waals surface area contributed by atoms with E-state index in [9.17, 15) is 4.79 Å². The molecule has 0 spiro atoms. The summed E-state index contributed by atoms with van der Waals surface area (Å²) in [5.74, 6) is 0.279. The molecule has 0 saturated heterocycles. The average Bonchev–Trinajstić information content (AvgIpc) is 2.28. The highest BCUT2D eigenvalue weighted by atomic mass is 16.2. The molecule has 0 fully saturated rings. The molecule has 0 aliphatic carbocycles. The Bertz CT molecular complexity index is 530. The Kier molecular flexibility index (Phi) is 2.72. The van der Waals surface area contributed by atoms with Gasteiger partial charge in [-0.25, -0.2) is 4.98 Å². The number of aryl methyl sites for hydroxylation is 1. The summed E-state index contributed by atoms with van der Waals surface area (Å²) < 4.78 is 0. The third-order valence-electron chi connectivity index (χ3n) is 3.18. The van der Waals surface area contributed by atoms with E-state index in [1.54, 1.807) is 4.90 Å². The van der Waals surface area contributed by atoms with Crippen molar-refractivity contribution in [3.63, 3.8) is 0 Å². The van der Waals surface area contributed by atoms with E-state index in [1.165, 1.54) is 6.92 Å². The number of nitrogen functional groups attached to an aromatic ring is 1. The number of carbonyl (C=O) groups excluding carboxylic acids is 1. The molecule has 1 aliphatic heterocycles. The number of nitriles is 1. The molecule has 1 aromatic heterocycles. The van der Waals surface area contributed by atoms with Crippen molar-refractivity contribution in [2.45, 2.75) is 26.8 Å². The highest BCUT2D eigenvalue weighted by Gasteiger charge is 2.24. The van der Waals surface area contributed by atoms with E-state index in [4.69, 9.17) is 11.0 Å². The van der Waals surface area contributed by atoms with E-state index in [-0.39, 0.29) is 11.7 Å². The van der Waals surface area contributed by atoms with Crippen molar-refractivity contribution in [2.24, 2.45) is 0 Å². The Labute approximate surface area is 99.9 Å². The molecule has 1 amide bonds. The van der Waals surface area contributed by atoms with Crippen LogP contribution >= 0.6 is 0 Å². The maximum absolute atomic E-state index is 11.4. The number of hydrogen-bond acceptors (Lipinski definition) is 4. The van der Waals surface area contributed by atoms with Crippen LogP contribution in [0.5, 0.6) is 0 Å². The standard InChI is InChI=1S/C12H14N4O/c1-7-9-3-4-16(8(2)17)6-11(9)10(5-13)12(14)15-7/h3-4,6H2,1-2H3,(H2,14,15). The van der Waals surface area contributed by atoms with Gasteiger partial charge < -0.3 is 10.6 Å². The fourth-order valence-electron chi connectivity index (χ4n) is 2.24. The van der Waals surface area contributed by atoms with Gasteiger partial charge in [-0.3, -0.25) is 4.79 Å². The summed E-state index contributed by atoms with van der Waals surface area (Å²) in [5, 5.41) is 9.12. The van der Waals surface area contributed by atoms with Crippen LogP contribution in [0.25, 0.3) is 0 Å². The average molecular weight is 230 g/mol. The Morgan fingerprint density at radius 2 is 2.24 bits per heavy atom. The van der Waals surface area contributed by atoms with Crippen molar-refractivity contribution in [3.05, 3.63) is 22.4 Å². The van der Waals surface area contributed by atoms with Crippen molar-refractivity contribution < 1.29 is 4.79 Å². The molecule has 5 heteroatoms. The van der Waals surface area contributed by atoms with Gasteiger partial charge in [0.2, 0.25) is 5.91 Å². The zero-order valence-electron chi connectivity index (χ0n) is 9.95. The number of amides is 1. The van der Waals surface area contributed by atoms with Gasteiger partial charge in [-0.15, -0.1) is 0 Å². The monoisotopic (exact) mass is 230 g/mol. The van der Waals surface area contributed by atoms with Crippen LogP contribution < -0.4 is 5.73 Å². The van der Waals surface area contributed by atoms with Gasteiger partial charge in [0, 0.05) is 25.7 Å². The zero-order valence-corrected chi connectivity index (χ0v) is 9.95. The number of aromatic nitrogens is 1. The minimum absolute atomic E-state index is 0.0209. The van der Waals surface area contributed by atoms with Gasteiger partial charge in [0.05, 0.1) is 5.56 Å². The molecular formula is C12H14N4O. The Hall–Kier alpha value is -2.09. The van der Waals surface area contributed by atoms with Gasteiger partial charge in [-0.2, -0.15) is 5.26 Å². The van der Waals surface area contributed by atoms with Crippen LogP contribution in [0.1, 0.15) is 29.3 Å². The van der Waals surface area contributed by atoms with Crippen LogP contribution in [-0.2, 0) is 17.8 Å². The summed E-state index contributed by atoms with van der Waals surface area (Å²) in [5.41, 5.74) is 8.94. The van der Waals surface area contributed by atoms with Crippen LogP contribution in [0.4, 0.5) is 5.82 Å². The second kappa shape index (κ2) is 4.06. The lowest BCUT2D eigenvalue weighted by Gasteiger charge is -2.29. The molecule has 0 bridgehead atoms. The minimum Gasteiger partial charge on any atom is -0.383 e. The summed E-state index contributed by atoms with van der Waals surface area (Å²) in [6, 6.07) is 2.08. The lowest BCUT2D eigenvalue weighted by molar-refractivity contribution is -0.129. The van der Waals surface area contributed by atoms with E-state index in [0.29, 0.717) is 18.7 Å². The predicted molar refractivity (Wildman–Crippen MR) is 62.9 cm³/mol. The number of rotatable bonds is 0. The van der Waals surface area contributed by atoms with Crippen LogP contribution in [-0.4, -0.2) is 22.3 Å². The first-order valence-corrected chi connectivity index (χ1v) is 5.48. The Morgan fingerprint density at radius 3 is 2.82 bits per heavy atom.